The van der Waals surface area contributed by atoms with E-state index in [1.165, 1.54) is 18.2 Å². The lowest BCUT2D eigenvalue weighted by Crippen LogP contribution is -2.29. The van der Waals surface area contributed by atoms with Gasteiger partial charge < -0.3 is 19.3 Å². The van der Waals surface area contributed by atoms with E-state index in [4.69, 9.17) is 14.2 Å². The van der Waals surface area contributed by atoms with E-state index in [-0.39, 0.29) is 26.9 Å². The van der Waals surface area contributed by atoms with Crippen LogP contribution < -0.4 is 14.4 Å². The molecule has 1 fully saturated rings. The van der Waals surface area contributed by atoms with E-state index in [2.05, 4.69) is 9.97 Å². The summed E-state index contributed by atoms with van der Waals surface area (Å²) in [6.07, 6.45) is 3.06. The summed E-state index contributed by atoms with van der Waals surface area (Å²) < 4.78 is 15.9. The third kappa shape index (κ3) is 3.79. The number of anilines is 1. The molecular formula is C24H19N3O7S. The van der Waals surface area contributed by atoms with Gasteiger partial charge in [0.25, 0.3) is 5.78 Å². The quantitative estimate of drug-likeness (QED) is 0.252. The minimum Gasteiger partial charge on any atom is -0.507 e. The zero-order chi connectivity index (χ0) is 24.7. The molecule has 1 saturated heterocycles. The molecule has 0 aliphatic carbocycles. The number of hydrogen-bond acceptors (Lipinski definition) is 10. The summed E-state index contributed by atoms with van der Waals surface area (Å²) in [7, 11) is 1.25. The van der Waals surface area contributed by atoms with Crippen LogP contribution in [0.4, 0.5) is 5.13 Å². The lowest BCUT2D eigenvalue weighted by Gasteiger charge is -2.23. The van der Waals surface area contributed by atoms with Crippen molar-refractivity contribution in [2.45, 2.75) is 13.0 Å². The third-order valence-corrected chi connectivity index (χ3v) is 6.76. The summed E-state index contributed by atoms with van der Waals surface area (Å²) in [5.74, 6) is -1.81. The van der Waals surface area contributed by atoms with Gasteiger partial charge in [0.15, 0.2) is 16.6 Å². The number of thiazole rings is 1. The largest absolute Gasteiger partial charge is 0.507 e. The van der Waals surface area contributed by atoms with Crippen LogP contribution in [0, 0.1) is 6.92 Å². The number of rotatable bonds is 4. The molecule has 0 spiro atoms. The number of ketones is 1. The predicted octanol–water partition coefficient (Wildman–Crippen LogP) is 3.03. The van der Waals surface area contributed by atoms with Gasteiger partial charge in [-0.05, 0) is 36.8 Å². The average molecular weight is 493 g/mol. The topological polar surface area (TPSA) is 128 Å². The van der Waals surface area contributed by atoms with Crippen molar-refractivity contribution in [1.29, 1.82) is 0 Å². The van der Waals surface area contributed by atoms with Crippen LogP contribution in [0.15, 0.2) is 48.3 Å². The van der Waals surface area contributed by atoms with Crippen LogP contribution in [0.5, 0.6) is 11.5 Å². The number of amides is 1. The Labute approximate surface area is 203 Å². The van der Waals surface area contributed by atoms with Crippen LogP contribution in [0.2, 0.25) is 0 Å². The molecule has 5 rings (SSSR count). The minimum atomic E-state index is -1.02. The van der Waals surface area contributed by atoms with Crippen molar-refractivity contribution >= 4 is 39.9 Å². The summed E-state index contributed by atoms with van der Waals surface area (Å²) in [6, 6.07) is 7.10. The van der Waals surface area contributed by atoms with E-state index >= 15 is 0 Å². The number of carbonyl (C=O) groups excluding carboxylic acids is 3. The van der Waals surface area contributed by atoms with E-state index in [0.717, 1.165) is 11.3 Å². The molecule has 1 N–H and O–H groups in total. The molecule has 0 saturated carbocycles. The molecule has 178 valence electrons. The zero-order valence-corrected chi connectivity index (χ0v) is 19.5. The van der Waals surface area contributed by atoms with E-state index in [9.17, 15) is 19.5 Å². The molecular weight excluding hydrogens is 474 g/mol. The lowest BCUT2D eigenvalue weighted by molar-refractivity contribution is -0.132. The first kappa shape index (κ1) is 22.5. The normalized spacial score (nSPS) is 18.6. The Hall–Kier alpha value is -4.25. The number of Topliss-reactive ketones (excluding diaryl/α,β-unsaturated/α-hetero) is 1. The molecule has 11 heteroatoms. The van der Waals surface area contributed by atoms with Gasteiger partial charge >= 0.3 is 11.9 Å². The van der Waals surface area contributed by atoms with Crippen LogP contribution in [0.3, 0.4) is 0 Å². The van der Waals surface area contributed by atoms with Gasteiger partial charge in [-0.1, -0.05) is 17.4 Å². The van der Waals surface area contributed by atoms with Crippen molar-refractivity contribution in [3.8, 4) is 11.5 Å². The lowest BCUT2D eigenvalue weighted by atomic mass is 9.96. The Balaban J connectivity index is 1.67. The van der Waals surface area contributed by atoms with Crippen molar-refractivity contribution in [1.82, 2.24) is 9.97 Å². The number of nitrogens with zero attached hydrogens (tertiary/aromatic N) is 3. The van der Waals surface area contributed by atoms with Crippen LogP contribution in [-0.2, 0) is 14.3 Å². The summed E-state index contributed by atoms with van der Waals surface area (Å²) in [4.78, 5) is 48.5. The molecule has 10 nitrogen and oxygen atoms in total. The molecule has 2 aliphatic heterocycles. The van der Waals surface area contributed by atoms with Gasteiger partial charge in [-0.15, -0.1) is 0 Å². The van der Waals surface area contributed by atoms with E-state index in [0.29, 0.717) is 36.0 Å². The number of aryl methyl sites for hydroxylation is 1. The number of methoxy groups -OCH3 is 1. The fourth-order valence-corrected chi connectivity index (χ4v) is 5.01. The first-order chi connectivity index (χ1) is 16.9. The maximum Gasteiger partial charge on any atom is 0.350 e. The molecule has 1 unspecified atom stereocenters. The fraction of sp³-hybridized carbons (Fsp3) is 0.208. The van der Waals surface area contributed by atoms with Crippen LogP contribution in [0.25, 0.3) is 5.76 Å². The summed E-state index contributed by atoms with van der Waals surface area (Å²) in [5.41, 5.74) is 0.993. The number of aromatic nitrogens is 2. The number of carbonyl (C=O) groups is 3. The van der Waals surface area contributed by atoms with Crippen LogP contribution in [0.1, 0.15) is 32.5 Å². The number of fused-ring (bicyclic) bond motifs is 1. The van der Waals surface area contributed by atoms with Gasteiger partial charge in [0.1, 0.15) is 23.9 Å². The smallest absolute Gasteiger partial charge is 0.350 e. The average Bonchev–Trinajstić information content (AvgIpc) is 3.40. The Morgan fingerprint density at radius 2 is 1.97 bits per heavy atom. The first-order valence-electron chi connectivity index (χ1n) is 10.6. The van der Waals surface area contributed by atoms with Gasteiger partial charge in [0, 0.05) is 18.0 Å². The SMILES string of the molecule is COC(=O)c1sc(N2C(=O)C(=O)C(=C(O)c3ccc4c(c3)OCCO4)C2c2cccnc2)nc1C. The van der Waals surface area contributed by atoms with Crippen molar-refractivity contribution in [3.05, 3.63) is 70.0 Å². The van der Waals surface area contributed by atoms with Gasteiger partial charge in [0.05, 0.1) is 24.4 Å². The Bertz CT molecular complexity index is 1380. The Morgan fingerprint density at radius 3 is 2.69 bits per heavy atom. The van der Waals surface area contributed by atoms with Gasteiger partial charge in [-0.2, -0.15) is 0 Å². The van der Waals surface area contributed by atoms with Crippen molar-refractivity contribution < 1.29 is 33.7 Å². The second kappa shape index (κ2) is 8.84. The molecule has 2 aromatic heterocycles. The van der Waals surface area contributed by atoms with E-state index < -0.39 is 23.7 Å². The number of aliphatic hydroxyl groups is 1. The summed E-state index contributed by atoms with van der Waals surface area (Å²) >= 11 is 0.928. The van der Waals surface area contributed by atoms with Crippen LogP contribution in [-0.4, -0.2) is 53.1 Å². The number of aliphatic hydroxyl groups excluding tert-OH is 1. The first-order valence-corrected chi connectivity index (χ1v) is 11.4. The highest BCUT2D eigenvalue weighted by atomic mass is 32.1. The zero-order valence-electron chi connectivity index (χ0n) is 18.7. The molecule has 35 heavy (non-hydrogen) atoms. The fourth-order valence-electron chi connectivity index (χ4n) is 4.00. The highest BCUT2D eigenvalue weighted by Crippen LogP contribution is 2.44. The maximum atomic E-state index is 13.3. The maximum absolute atomic E-state index is 13.3. The van der Waals surface area contributed by atoms with E-state index in [1.807, 2.05) is 0 Å². The molecule has 1 atom stereocenters. The molecule has 1 aromatic carbocycles. The summed E-state index contributed by atoms with van der Waals surface area (Å²) in [5, 5.41) is 11.4. The van der Waals surface area contributed by atoms with Crippen molar-refractivity contribution in [2.75, 3.05) is 25.2 Å². The van der Waals surface area contributed by atoms with Crippen molar-refractivity contribution in [2.24, 2.45) is 0 Å². The number of pyridine rings is 1. The third-order valence-electron chi connectivity index (χ3n) is 5.62. The summed E-state index contributed by atoms with van der Waals surface area (Å²) in [6.45, 7) is 2.37. The van der Waals surface area contributed by atoms with Gasteiger partial charge in [-0.25, -0.2) is 9.78 Å². The molecule has 0 bridgehead atoms. The Morgan fingerprint density at radius 1 is 1.20 bits per heavy atom. The number of esters is 1. The van der Waals surface area contributed by atoms with Gasteiger partial charge in [-0.3, -0.25) is 19.5 Å². The highest BCUT2D eigenvalue weighted by Gasteiger charge is 2.48. The number of ether oxygens (including phenoxy) is 3. The second-order valence-corrected chi connectivity index (χ2v) is 8.69. The van der Waals surface area contributed by atoms with Crippen LogP contribution >= 0.6 is 11.3 Å². The molecule has 4 heterocycles. The Kier molecular flexibility index (Phi) is 5.69. The molecule has 3 aromatic rings. The second-order valence-electron chi connectivity index (χ2n) is 7.72. The highest BCUT2D eigenvalue weighted by molar-refractivity contribution is 7.17. The number of hydrogen-bond donors (Lipinski definition) is 1. The van der Waals surface area contributed by atoms with E-state index in [1.54, 1.807) is 43.5 Å². The van der Waals surface area contributed by atoms with Gasteiger partial charge in [0.2, 0.25) is 0 Å². The van der Waals surface area contributed by atoms with Crippen molar-refractivity contribution in [3.63, 3.8) is 0 Å². The number of benzene rings is 1. The molecule has 0 radical (unpaired) electrons. The monoisotopic (exact) mass is 493 g/mol. The minimum absolute atomic E-state index is 0.125. The predicted molar refractivity (Wildman–Crippen MR) is 125 cm³/mol. The molecule has 2 aliphatic rings. The standard InChI is InChI=1S/C24H19N3O7S/c1-12-21(23(31)32-2)35-24(26-12)27-18(14-4-3-7-25-11-14)17(20(29)22(27)30)19(28)13-5-6-15-16(10-13)34-9-8-33-15/h3-7,10-11,18,28H,8-9H2,1-2H3. The molecule has 1 amide bonds.